The van der Waals surface area contributed by atoms with Crippen LogP contribution in [0, 0.1) is 0 Å². The molecule has 1 aromatic heterocycles. The molecule has 3 aromatic rings. The number of carboxylic acid groups (broad SMARTS) is 1. The van der Waals surface area contributed by atoms with E-state index in [2.05, 4.69) is 0 Å². The number of aliphatic carboxylic acids is 1. The van der Waals surface area contributed by atoms with Crippen LogP contribution >= 0.6 is 11.3 Å². The molecule has 4 amide bonds. The highest BCUT2D eigenvalue weighted by Gasteiger charge is 2.52. The fraction of sp³-hybridized carbons (Fsp3) is 0.345. The maximum atomic E-state index is 14.2. The molecule has 0 radical (unpaired) electrons. The second-order valence-electron chi connectivity index (χ2n) is 9.91. The van der Waals surface area contributed by atoms with Gasteiger partial charge in [-0.2, -0.15) is 11.3 Å². The number of rotatable bonds is 5. The largest absolute Gasteiger partial charge is 0.480 e. The van der Waals surface area contributed by atoms with Crippen molar-refractivity contribution in [2.45, 2.75) is 50.4 Å². The fourth-order valence-corrected chi connectivity index (χ4v) is 6.43. The van der Waals surface area contributed by atoms with E-state index in [0.717, 1.165) is 18.4 Å². The molecule has 2 aliphatic heterocycles. The Hall–Kier alpha value is -3.85. The van der Waals surface area contributed by atoms with E-state index in [0.29, 0.717) is 17.8 Å². The number of likely N-dealkylation sites (tertiary alicyclic amines) is 1. The zero-order valence-corrected chi connectivity index (χ0v) is 22.3. The second kappa shape index (κ2) is 10.9. The van der Waals surface area contributed by atoms with Crippen LogP contribution in [-0.2, 0) is 4.79 Å². The van der Waals surface area contributed by atoms with Gasteiger partial charge >= 0.3 is 18.0 Å². The quantitative estimate of drug-likeness (QED) is 0.449. The Kier molecular flexibility index (Phi) is 7.37. The van der Waals surface area contributed by atoms with Crippen LogP contribution in [-0.4, -0.2) is 69.6 Å². The molecule has 2 fully saturated rings. The molecule has 3 heterocycles. The van der Waals surface area contributed by atoms with Crippen LogP contribution in [0.2, 0.25) is 0 Å². The average molecular weight is 533 g/mol. The monoisotopic (exact) mass is 532 g/mol. The molecule has 1 N–H and O–H groups in total. The summed E-state index contributed by atoms with van der Waals surface area (Å²) in [7, 11) is 1.76. The number of nitrogens with zero attached hydrogens (tertiary/aromatic N) is 4. The molecule has 2 bridgehead atoms. The van der Waals surface area contributed by atoms with Crippen LogP contribution in [0.3, 0.4) is 0 Å². The third-order valence-electron chi connectivity index (χ3n) is 7.74. The van der Waals surface area contributed by atoms with Crippen molar-refractivity contribution in [3.05, 3.63) is 83.1 Å². The summed E-state index contributed by atoms with van der Waals surface area (Å²) >= 11 is 1.58. The highest BCUT2D eigenvalue weighted by molar-refractivity contribution is 7.08. The number of amides is 4. The van der Waals surface area contributed by atoms with E-state index < -0.39 is 24.1 Å². The van der Waals surface area contributed by atoms with Crippen LogP contribution in [0.15, 0.2) is 77.5 Å². The van der Waals surface area contributed by atoms with Crippen molar-refractivity contribution >= 4 is 40.7 Å². The number of thiophene rings is 1. The first-order valence-corrected chi connectivity index (χ1v) is 13.8. The number of carboxylic acids is 1. The van der Waals surface area contributed by atoms with Crippen molar-refractivity contribution in [3.8, 4) is 0 Å². The van der Waals surface area contributed by atoms with Crippen LogP contribution in [0.4, 0.5) is 21.0 Å². The Morgan fingerprint density at radius 3 is 2.13 bits per heavy atom. The van der Waals surface area contributed by atoms with E-state index in [1.807, 2.05) is 84.4 Å². The van der Waals surface area contributed by atoms with Gasteiger partial charge < -0.3 is 19.8 Å². The van der Waals surface area contributed by atoms with E-state index in [4.69, 9.17) is 0 Å². The molecular formula is C29H32N4O4S. The van der Waals surface area contributed by atoms with Gasteiger partial charge in [0.1, 0.15) is 0 Å². The summed E-state index contributed by atoms with van der Waals surface area (Å²) in [6.45, 7) is 2.14. The first kappa shape index (κ1) is 25.8. The molecular weight excluding hydrogens is 500 g/mol. The average Bonchev–Trinajstić information content (AvgIpc) is 3.47. The van der Waals surface area contributed by atoms with Gasteiger partial charge in [0, 0.05) is 13.6 Å². The van der Waals surface area contributed by atoms with Crippen molar-refractivity contribution < 1.29 is 19.5 Å². The Labute approximate surface area is 226 Å². The molecule has 9 heteroatoms. The van der Waals surface area contributed by atoms with E-state index >= 15 is 0 Å². The van der Waals surface area contributed by atoms with E-state index in [1.165, 1.54) is 4.90 Å². The van der Waals surface area contributed by atoms with Gasteiger partial charge in [-0.1, -0.05) is 36.4 Å². The zero-order valence-electron chi connectivity index (χ0n) is 21.5. The third kappa shape index (κ3) is 4.74. The number of hydrogen-bond acceptors (Lipinski definition) is 4. The SMILES string of the molecule is CC(c1ccsc1)N(C)C(=O)N1C2CCC[C@H]1CN(C(=O)N(c1ccccc1)c1ccccc1)[C@@H]2C(=O)O. The fourth-order valence-electron chi connectivity index (χ4n) is 5.68. The predicted octanol–water partition coefficient (Wildman–Crippen LogP) is 5.81. The topological polar surface area (TPSA) is 84.4 Å². The van der Waals surface area contributed by atoms with Crippen molar-refractivity contribution in [1.29, 1.82) is 0 Å². The summed E-state index contributed by atoms with van der Waals surface area (Å²) in [6.07, 6.45) is 2.06. The lowest BCUT2D eigenvalue weighted by Gasteiger charge is -2.54. The van der Waals surface area contributed by atoms with Crippen molar-refractivity contribution in [1.82, 2.24) is 14.7 Å². The van der Waals surface area contributed by atoms with Gasteiger partial charge in [-0.3, -0.25) is 4.90 Å². The lowest BCUT2D eigenvalue weighted by atomic mass is 9.86. The zero-order chi connectivity index (χ0) is 26.8. The van der Waals surface area contributed by atoms with Gasteiger partial charge in [0.2, 0.25) is 0 Å². The summed E-state index contributed by atoms with van der Waals surface area (Å²) in [4.78, 5) is 47.2. The molecule has 5 rings (SSSR count). The van der Waals surface area contributed by atoms with E-state index in [9.17, 15) is 19.5 Å². The smallest absolute Gasteiger partial charge is 0.329 e. The van der Waals surface area contributed by atoms with Gasteiger partial charge in [0.05, 0.1) is 29.5 Å². The molecule has 38 heavy (non-hydrogen) atoms. The predicted molar refractivity (Wildman–Crippen MR) is 148 cm³/mol. The molecule has 0 spiro atoms. The number of urea groups is 2. The van der Waals surface area contributed by atoms with Crippen molar-refractivity contribution in [2.24, 2.45) is 0 Å². The minimum atomic E-state index is -1.15. The molecule has 4 atom stereocenters. The van der Waals surface area contributed by atoms with Gasteiger partial charge in [0.25, 0.3) is 0 Å². The van der Waals surface area contributed by atoms with Crippen LogP contribution in [0.1, 0.15) is 37.8 Å². The first-order valence-electron chi connectivity index (χ1n) is 12.9. The molecule has 2 saturated heterocycles. The Morgan fingerprint density at radius 2 is 1.58 bits per heavy atom. The Balaban J connectivity index is 1.48. The summed E-state index contributed by atoms with van der Waals surface area (Å²) in [6, 6.07) is 17.7. The molecule has 8 nitrogen and oxygen atoms in total. The molecule has 2 aliphatic rings. The third-order valence-corrected chi connectivity index (χ3v) is 8.45. The number of benzene rings is 2. The molecule has 2 aromatic carbocycles. The number of anilines is 2. The second-order valence-corrected chi connectivity index (χ2v) is 10.7. The maximum absolute atomic E-state index is 14.2. The minimum Gasteiger partial charge on any atom is -0.480 e. The van der Waals surface area contributed by atoms with Gasteiger partial charge in [0.15, 0.2) is 6.04 Å². The van der Waals surface area contributed by atoms with Crippen LogP contribution in [0.5, 0.6) is 0 Å². The summed E-state index contributed by atoms with van der Waals surface area (Å²) in [5.41, 5.74) is 2.35. The van der Waals surface area contributed by atoms with Crippen LogP contribution in [0.25, 0.3) is 0 Å². The van der Waals surface area contributed by atoms with Crippen LogP contribution < -0.4 is 4.90 Å². The summed E-state index contributed by atoms with van der Waals surface area (Å²) in [5, 5.41) is 14.4. The number of fused-ring (bicyclic) bond motifs is 2. The number of hydrogen-bond donors (Lipinski definition) is 1. The number of para-hydroxylation sites is 2. The number of carbonyl (C=O) groups is 3. The minimum absolute atomic E-state index is 0.149. The first-order chi connectivity index (χ1) is 18.4. The lowest BCUT2D eigenvalue weighted by Crippen LogP contribution is -2.72. The van der Waals surface area contributed by atoms with Crippen molar-refractivity contribution in [2.75, 3.05) is 18.5 Å². The number of piperazine rings is 1. The highest BCUT2D eigenvalue weighted by Crippen LogP contribution is 2.37. The van der Waals surface area contributed by atoms with Gasteiger partial charge in [-0.25, -0.2) is 14.4 Å². The number of carbonyl (C=O) groups excluding carboxylic acids is 2. The van der Waals surface area contributed by atoms with Crippen molar-refractivity contribution in [3.63, 3.8) is 0 Å². The summed E-state index contributed by atoms with van der Waals surface area (Å²) < 4.78 is 0. The Morgan fingerprint density at radius 1 is 0.947 bits per heavy atom. The molecule has 198 valence electrons. The molecule has 0 aliphatic carbocycles. The normalized spacial score (nSPS) is 21.5. The summed E-state index contributed by atoms with van der Waals surface area (Å²) in [5.74, 6) is -1.10. The number of piperidine rings is 1. The van der Waals surface area contributed by atoms with Gasteiger partial charge in [-0.15, -0.1) is 0 Å². The van der Waals surface area contributed by atoms with E-state index in [-0.39, 0.29) is 24.7 Å². The standard InChI is InChI=1S/C29H32N4O4S/c1-20(21-16-17-38-19-21)30(2)28(36)33-24-14-9-15-25(33)26(27(34)35)31(18-24)29(37)32(22-10-5-3-6-11-22)23-12-7-4-8-13-23/h3-8,10-13,16-17,19-20,24-26H,9,14-15,18H2,1-2H3,(H,34,35)/t20?,24-,25?,26-/m0/s1. The lowest BCUT2D eigenvalue weighted by molar-refractivity contribution is -0.148. The maximum Gasteiger partial charge on any atom is 0.329 e. The Bertz CT molecular complexity index is 1230. The van der Waals surface area contributed by atoms with E-state index in [1.54, 1.807) is 33.1 Å². The highest BCUT2D eigenvalue weighted by atomic mass is 32.1. The molecule has 0 saturated carbocycles. The molecule has 2 unspecified atom stereocenters. The van der Waals surface area contributed by atoms with Gasteiger partial charge in [-0.05, 0) is 72.8 Å².